The zero-order valence-electron chi connectivity index (χ0n) is 13.9. The molecule has 4 rings (SSSR count). The molecule has 128 valence electrons. The highest BCUT2D eigenvalue weighted by Gasteiger charge is 2.08. The van der Waals surface area contributed by atoms with Crippen LogP contribution in [0.2, 0.25) is 0 Å². The summed E-state index contributed by atoms with van der Waals surface area (Å²) in [4.78, 5) is 4.57. The van der Waals surface area contributed by atoms with Crippen molar-refractivity contribution in [1.82, 2.24) is 14.8 Å². The van der Waals surface area contributed by atoms with Crippen LogP contribution in [0, 0.1) is 0 Å². The number of thiocarbonyl (C=S) groups is 1. The summed E-state index contributed by atoms with van der Waals surface area (Å²) in [6.45, 7) is 0. The van der Waals surface area contributed by atoms with Crippen molar-refractivity contribution >= 4 is 28.7 Å². The van der Waals surface area contributed by atoms with Gasteiger partial charge in [-0.05, 0) is 47.6 Å². The Balaban J connectivity index is 1.72. The van der Waals surface area contributed by atoms with Crippen LogP contribution in [0.15, 0.2) is 79.1 Å². The van der Waals surface area contributed by atoms with Crippen molar-refractivity contribution in [1.29, 1.82) is 0 Å². The Labute approximate surface area is 156 Å². The lowest BCUT2D eigenvalue weighted by molar-refractivity contribution is 1.04. The van der Waals surface area contributed by atoms with Crippen molar-refractivity contribution in [3.63, 3.8) is 0 Å². The average Bonchev–Trinajstić information content (AvgIpc) is 3.12. The number of nitrogens with one attached hydrogen (secondary N) is 2. The third-order valence-corrected chi connectivity index (χ3v) is 4.39. The maximum Gasteiger partial charge on any atom is 0.185 e. The van der Waals surface area contributed by atoms with Crippen molar-refractivity contribution in [2.24, 2.45) is 5.84 Å². The first-order valence-corrected chi connectivity index (χ1v) is 8.56. The van der Waals surface area contributed by atoms with E-state index in [1.807, 2.05) is 54.9 Å². The number of pyridine rings is 1. The molecule has 0 aliphatic rings. The van der Waals surface area contributed by atoms with Gasteiger partial charge in [0.1, 0.15) is 5.65 Å². The number of nitrogens with zero attached hydrogens (tertiary/aromatic N) is 2. The van der Waals surface area contributed by atoms with E-state index in [4.69, 9.17) is 18.1 Å². The van der Waals surface area contributed by atoms with Crippen LogP contribution in [0.25, 0.3) is 28.0 Å². The summed E-state index contributed by atoms with van der Waals surface area (Å²) in [5, 5.41) is 3.41. The molecule has 2 aromatic heterocycles. The molecular weight excluding hydrogens is 342 g/mol. The maximum absolute atomic E-state index is 5.32. The molecule has 0 saturated carbocycles. The Morgan fingerprint density at radius 2 is 1.73 bits per heavy atom. The molecule has 0 fully saturated rings. The van der Waals surface area contributed by atoms with Crippen LogP contribution in [0.4, 0.5) is 5.69 Å². The summed E-state index contributed by atoms with van der Waals surface area (Å²) < 4.78 is 2.07. The quantitative estimate of drug-likeness (QED) is 0.295. The number of nitrogens with two attached hydrogens (primary N) is 1. The molecule has 0 unspecified atom stereocenters. The van der Waals surface area contributed by atoms with Gasteiger partial charge in [-0.3, -0.25) is 4.40 Å². The number of imidazole rings is 1. The van der Waals surface area contributed by atoms with Crippen LogP contribution >= 0.6 is 12.2 Å². The summed E-state index contributed by atoms with van der Waals surface area (Å²) in [7, 11) is 0. The minimum absolute atomic E-state index is 0.368. The lowest BCUT2D eigenvalue weighted by Crippen LogP contribution is -2.34. The average molecular weight is 359 g/mol. The minimum Gasteiger partial charge on any atom is -0.332 e. The smallest absolute Gasteiger partial charge is 0.185 e. The lowest BCUT2D eigenvalue weighted by atomic mass is 10.1. The Morgan fingerprint density at radius 1 is 0.923 bits per heavy atom. The van der Waals surface area contributed by atoms with Crippen LogP contribution in [0.3, 0.4) is 0 Å². The molecule has 0 radical (unpaired) electrons. The number of aromatic nitrogens is 2. The molecule has 0 saturated heterocycles. The van der Waals surface area contributed by atoms with E-state index < -0.39 is 0 Å². The van der Waals surface area contributed by atoms with Crippen LogP contribution in [-0.2, 0) is 0 Å². The van der Waals surface area contributed by atoms with Crippen molar-refractivity contribution in [2.75, 3.05) is 5.32 Å². The summed E-state index contributed by atoms with van der Waals surface area (Å²) in [6.07, 6.45) is 3.93. The number of hydrazine groups is 1. The van der Waals surface area contributed by atoms with Crippen LogP contribution in [0.1, 0.15) is 0 Å². The molecule has 0 aliphatic heterocycles. The fourth-order valence-electron chi connectivity index (χ4n) is 2.93. The van der Waals surface area contributed by atoms with E-state index in [1.54, 1.807) is 0 Å². The molecule has 5 nitrogen and oxygen atoms in total. The van der Waals surface area contributed by atoms with Crippen LogP contribution in [-0.4, -0.2) is 14.5 Å². The molecule has 2 heterocycles. The van der Waals surface area contributed by atoms with Crippen molar-refractivity contribution in [3.8, 4) is 22.4 Å². The van der Waals surface area contributed by atoms with E-state index in [2.05, 4.69) is 44.4 Å². The highest BCUT2D eigenvalue weighted by atomic mass is 32.1. The topological polar surface area (TPSA) is 67.4 Å². The third kappa shape index (κ3) is 3.15. The van der Waals surface area contributed by atoms with Crippen LogP contribution in [0.5, 0.6) is 0 Å². The van der Waals surface area contributed by atoms with Crippen molar-refractivity contribution in [3.05, 3.63) is 79.1 Å². The molecule has 0 atom stereocenters. The summed E-state index contributed by atoms with van der Waals surface area (Å²) >= 11 is 5.05. The number of fused-ring (bicyclic) bond motifs is 1. The third-order valence-electron chi connectivity index (χ3n) is 4.17. The van der Waals surface area contributed by atoms with Gasteiger partial charge in [0.15, 0.2) is 5.11 Å². The first-order valence-electron chi connectivity index (χ1n) is 8.15. The molecule has 0 amide bonds. The first-order chi connectivity index (χ1) is 12.7. The summed E-state index contributed by atoms with van der Waals surface area (Å²) in [6, 6.07) is 22.4. The number of hydrogen-bond donors (Lipinski definition) is 3. The fourth-order valence-corrected chi connectivity index (χ4v) is 3.05. The number of benzene rings is 2. The molecule has 0 aliphatic carbocycles. The Kier molecular flexibility index (Phi) is 4.35. The normalized spacial score (nSPS) is 10.7. The van der Waals surface area contributed by atoms with Crippen molar-refractivity contribution < 1.29 is 0 Å². The monoisotopic (exact) mass is 359 g/mol. The van der Waals surface area contributed by atoms with E-state index in [9.17, 15) is 0 Å². The van der Waals surface area contributed by atoms with E-state index in [0.29, 0.717) is 5.11 Å². The second kappa shape index (κ2) is 6.95. The van der Waals surface area contributed by atoms with E-state index in [0.717, 1.165) is 28.2 Å². The van der Waals surface area contributed by atoms with Crippen molar-refractivity contribution in [2.45, 2.75) is 0 Å². The Bertz CT molecular complexity index is 1070. The second-order valence-electron chi connectivity index (χ2n) is 5.83. The van der Waals surface area contributed by atoms with Gasteiger partial charge in [-0.2, -0.15) is 0 Å². The Morgan fingerprint density at radius 3 is 2.54 bits per heavy atom. The van der Waals surface area contributed by atoms with Gasteiger partial charge >= 0.3 is 0 Å². The molecule has 2 aromatic carbocycles. The number of hydrogen-bond acceptors (Lipinski definition) is 3. The van der Waals surface area contributed by atoms with E-state index in [-0.39, 0.29) is 0 Å². The van der Waals surface area contributed by atoms with Gasteiger partial charge in [0.25, 0.3) is 0 Å². The van der Waals surface area contributed by atoms with Gasteiger partial charge < -0.3 is 10.7 Å². The molecule has 0 spiro atoms. The minimum atomic E-state index is 0.368. The zero-order valence-corrected chi connectivity index (χ0v) is 14.7. The highest BCUT2D eigenvalue weighted by Crippen LogP contribution is 2.26. The van der Waals surface area contributed by atoms with Crippen LogP contribution < -0.4 is 16.6 Å². The Hall–Kier alpha value is -3.22. The van der Waals surface area contributed by atoms with Gasteiger partial charge in [-0.25, -0.2) is 10.8 Å². The standard InChI is InChI=1S/C20H17N5S/c21-24-20(26)23-17-8-4-7-16(11-17)18-13-22-19-12-15(9-10-25(18)19)14-5-2-1-3-6-14/h1-13H,21H2,(H2,23,24,26). The largest absolute Gasteiger partial charge is 0.332 e. The van der Waals surface area contributed by atoms with Gasteiger partial charge in [0.2, 0.25) is 0 Å². The van der Waals surface area contributed by atoms with Gasteiger partial charge in [0, 0.05) is 17.4 Å². The predicted octanol–water partition coefficient (Wildman–Crippen LogP) is 3.83. The molecule has 0 bridgehead atoms. The van der Waals surface area contributed by atoms with E-state index in [1.165, 1.54) is 5.56 Å². The predicted molar refractivity (Wildman–Crippen MR) is 110 cm³/mol. The first kappa shape index (κ1) is 16.3. The molecular formula is C20H17N5S. The molecule has 4 aromatic rings. The second-order valence-corrected chi connectivity index (χ2v) is 6.24. The molecule has 6 heteroatoms. The number of rotatable bonds is 3. The van der Waals surface area contributed by atoms with Gasteiger partial charge in [-0.15, -0.1) is 0 Å². The fraction of sp³-hybridized carbons (Fsp3) is 0. The maximum atomic E-state index is 5.32. The zero-order chi connectivity index (χ0) is 17.9. The lowest BCUT2D eigenvalue weighted by Gasteiger charge is -2.09. The molecule has 4 N–H and O–H groups in total. The molecule has 26 heavy (non-hydrogen) atoms. The SMILES string of the molecule is NNC(=S)Nc1cccc(-c2cnc3cc(-c4ccccc4)ccn23)c1. The summed E-state index contributed by atoms with van der Waals surface area (Å²) in [5.74, 6) is 5.32. The van der Waals surface area contributed by atoms with Gasteiger partial charge in [0.05, 0.1) is 11.9 Å². The number of anilines is 1. The highest BCUT2D eigenvalue weighted by molar-refractivity contribution is 7.80. The van der Waals surface area contributed by atoms with Gasteiger partial charge in [-0.1, -0.05) is 42.5 Å². The van der Waals surface area contributed by atoms with E-state index >= 15 is 0 Å². The summed E-state index contributed by atoms with van der Waals surface area (Å²) in [5.41, 5.74) is 8.55.